The molecule has 0 bridgehead atoms. The minimum atomic E-state index is -0.778. The molecule has 46 heavy (non-hydrogen) atoms. The van der Waals surface area contributed by atoms with E-state index in [0.29, 0.717) is 57.6 Å². The van der Waals surface area contributed by atoms with E-state index in [1.165, 1.54) is 0 Å². The van der Waals surface area contributed by atoms with Crippen molar-refractivity contribution in [2.75, 3.05) is 37.9 Å². The highest BCUT2D eigenvalue weighted by atomic mass is 16.7. The maximum Gasteiger partial charge on any atom is 0.288 e. The molecule has 3 aliphatic heterocycles. The molecule has 3 atom stereocenters. The van der Waals surface area contributed by atoms with Gasteiger partial charge in [0.25, 0.3) is 11.5 Å². The highest BCUT2D eigenvalue weighted by molar-refractivity contribution is 5.95. The normalized spacial score (nSPS) is 22.5. The fraction of sp³-hybridized carbons (Fsp3) is 0.457. The Morgan fingerprint density at radius 3 is 2.33 bits per heavy atom. The Kier molecular flexibility index (Phi) is 9.06. The van der Waals surface area contributed by atoms with Crippen LogP contribution in [0.3, 0.4) is 0 Å². The third-order valence-corrected chi connectivity index (χ3v) is 9.84. The number of para-hydroxylation sites is 2. The van der Waals surface area contributed by atoms with Crippen LogP contribution < -0.4 is 15.8 Å². The van der Waals surface area contributed by atoms with Crippen molar-refractivity contribution in [1.82, 2.24) is 19.6 Å². The number of aromatic nitrogens is 2. The van der Waals surface area contributed by atoms with Crippen LogP contribution in [0.1, 0.15) is 49.8 Å². The SMILES string of the molecule is CCO[C@@H]1OC(C(=O)N2CCC3(CC2)C(=O)NCN3c2ccccc2)=C[C@H](c2c(C)n(C)n(-c3ccccc3)c2=O)[C@@H]1CCCO. The van der Waals surface area contributed by atoms with Gasteiger partial charge in [-0.25, -0.2) is 4.68 Å². The Morgan fingerprint density at radius 2 is 1.70 bits per heavy atom. The van der Waals surface area contributed by atoms with Gasteiger partial charge in [0, 0.05) is 62.1 Å². The Balaban J connectivity index is 1.32. The standard InChI is InChI=1S/C35H43N5O6/c1-4-45-33-27(16-11-21-41)28(30-24(2)37(3)40(32(30)43)26-14-9-6-10-15-26)22-29(46-33)31(42)38-19-17-35(18-20-38)34(44)36-23-39(35)25-12-7-5-8-13-25/h5-10,12-15,22,27-28,33,41H,4,11,16-21,23H2,1-3H3,(H,36,44)/t27-,28-,33+/m0/s1. The van der Waals surface area contributed by atoms with Gasteiger partial charge in [-0.1, -0.05) is 36.4 Å². The molecule has 2 amide bonds. The molecular formula is C35H43N5O6. The zero-order chi connectivity index (χ0) is 32.4. The number of carbonyl (C=O) groups excluding carboxylic acids is 2. The van der Waals surface area contributed by atoms with E-state index in [1.54, 1.807) is 15.7 Å². The lowest BCUT2D eigenvalue weighted by atomic mass is 9.80. The number of nitrogens with one attached hydrogen (secondary N) is 1. The molecule has 0 saturated carbocycles. The minimum Gasteiger partial charge on any atom is -0.459 e. The predicted molar refractivity (Wildman–Crippen MR) is 173 cm³/mol. The highest BCUT2D eigenvalue weighted by Gasteiger charge is 2.51. The summed E-state index contributed by atoms with van der Waals surface area (Å²) in [7, 11) is 1.85. The molecule has 6 rings (SSSR count). The number of amides is 2. The van der Waals surface area contributed by atoms with Gasteiger partial charge in [-0.2, -0.15) is 0 Å². The molecule has 3 aromatic rings. The molecular weight excluding hydrogens is 586 g/mol. The zero-order valence-corrected chi connectivity index (χ0v) is 26.7. The van der Waals surface area contributed by atoms with E-state index in [1.807, 2.05) is 86.2 Å². The number of hydrogen-bond acceptors (Lipinski definition) is 7. The van der Waals surface area contributed by atoms with Crippen LogP contribution in [0.5, 0.6) is 0 Å². The molecule has 1 aromatic heterocycles. The number of hydrogen-bond donors (Lipinski definition) is 2. The average molecular weight is 630 g/mol. The Hall–Kier alpha value is -4.35. The summed E-state index contributed by atoms with van der Waals surface area (Å²) in [5.41, 5.74) is 2.17. The van der Waals surface area contributed by atoms with E-state index in [-0.39, 0.29) is 35.7 Å². The maximum atomic E-state index is 14.1. The molecule has 11 heteroatoms. The first-order valence-corrected chi connectivity index (χ1v) is 16.2. The monoisotopic (exact) mass is 629 g/mol. The number of allylic oxidation sites excluding steroid dienone is 1. The minimum absolute atomic E-state index is 0.0112. The number of piperidine rings is 1. The van der Waals surface area contributed by atoms with Crippen molar-refractivity contribution in [1.29, 1.82) is 0 Å². The van der Waals surface area contributed by atoms with Crippen LogP contribution in [0.25, 0.3) is 5.69 Å². The van der Waals surface area contributed by atoms with Crippen molar-refractivity contribution < 1.29 is 24.2 Å². The van der Waals surface area contributed by atoms with Crippen LogP contribution in [-0.2, 0) is 26.1 Å². The zero-order valence-electron chi connectivity index (χ0n) is 26.7. The smallest absolute Gasteiger partial charge is 0.288 e. The lowest BCUT2D eigenvalue weighted by molar-refractivity contribution is -0.171. The number of aliphatic hydroxyl groups is 1. The van der Waals surface area contributed by atoms with E-state index in [9.17, 15) is 19.5 Å². The molecule has 0 aliphatic carbocycles. The first-order valence-electron chi connectivity index (χ1n) is 16.2. The number of likely N-dealkylation sites (tertiary alicyclic amines) is 1. The van der Waals surface area contributed by atoms with Crippen LogP contribution in [-0.4, -0.2) is 76.0 Å². The summed E-state index contributed by atoms with van der Waals surface area (Å²) < 4.78 is 15.9. The number of carbonyl (C=O) groups is 2. The predicted octanol–water partition coefficient (Wildman–Crippen LogP) is 3.19. The second kappa shape index (κ2) is 13.2. The summed E-state index contributed by atoms with van der Waals surface area (Å²) in [6.45, 7) is 5.30. The summed E-state index contributed by atoms with van der Waals surface area (Å²) in [5.74, 6) is -0.942. The van der Waals surface area contributed by atoms with E-state index in [0.717, 1.165) is 17.1 Å². The number of anilines is 1. The van der Waals surface area contributed by atoms with Gasteiger partial charge >= 0.3 is 0 Å². The van der Waals surface area contributed by atoms with Crippen molar-refractivity contribution in [3.8, 4) is 5.69 Å². The number of benzene rings is 2. The number of nitrogens with zero attached hydrogens (tertiary/aromatic N) is 4. The first kappa shape index (κ1) is 31.6. The fourth-order valence-electron chi connectivity index (χ4n) is 7.33. The topological polar surface area (TPSA) is 118 Å². The highest BCUT2D eigenvalue weighted by Crippen LogP contribution is 2.41. The molecule has 2 N–H and O–H groups in total. The lowest BCUT2D eigenvalue weighted by Crippen LogP contribution is -2.57. The Morgan fingerprint density at radius 1 is 1.04 bits per heavy atom. The molecule has 0 unspecified atom stereocenters. The van der Waals surface area contributed by atoms with Gasteiger partial charge in [-0.15, -0.1) is 0 Å². The van der Waals surface area contributed by atoms with Gasteiger partial charge in [0.05, 0.1) is 12.4 Å². The number of rotatable bonds is 9. The summed E-state index contributed by atoms with van der Waals surface area (Å²) in [5, 5.41) is 12.7. The van der Waals surface area contributed by atoms with Crippen LogP contribution in [0.4, 0.5) is 5.69 Å². The molecule has 4 heterocycles. The van der Waals surface area contributed by atoms with Gasteiger partial charge in [-0.05, 0) is 69.9 Å². The summed E-state index contributed by atoms with van der Waals surface area (Å²) in [6, 6.07) is 19.3. The van der Waals surface area contributed by atoms with Crippen LogP contribution in [0, 0.1) is 12.8 Å². The molecule has 2 saturated heterocycles. The summed E-state index contributed by atoms with van der Waals surface area (Å²) >= 11 is 0. The van der Waals surface area contributed by atoms with Gasteiger partial charge in [0.15, 0.2) is 5.76 Å². The van der Waals surface area contributed by atoms with Crippen molar-refractivity contribution in [3.05, 3.63) is 94.1 Å². The van der Waals surface area contributed by atoms with Gasteiger partial charge < -0.3 is 29.7 Å². The van der Waals surface area contributed by atoms with Gasteiger partial charge in [0.2, 0.25) is 12.2 Å². The molecule has 3 aliphatic rings. The lowest BCUT2D eigenvalue weighted by Gasteiger charge is -2.44. The van der Waals surface area contributed by atoms with Crippen molar-refractivity contribution in [3.63, 3.8) is 0 Å². The molecule has 11 nitrogen and oxygen atoms in total. The molecule has 2 aromatic carbocycles. The number of aliphatic hydroxyl groups excluding tert-OH is 1. The average Bonchev–Trinajstić information content (AvgIpc) is 3.51. The second-order valence-electron chi connectivity index (χ2n) is 12.3. The largest absolute Gasteiger partial charge is 0.459 e. The van der Waals surface area contributed by atoms with Gasteiger partial charge in [0.1, 0.15) is 5.54 Å². The van der Waals surface area contributed by atoms with Crippen molar-refractivity contribution >= 4 is 17.5 Å². The van der Waals surface area contributed by atoms with Crippen molar-refractivity contribution in [2.45, 2.75) is 57.3 Å². The molecule has 0 radical (unpaired) electrons. The Bertz CT molecular complexity index is 1640. The van der Waals surface area contributed by atoms with E-state index < -0.39 is 17.7 Å². The molecule has 244 valence electrons. The third kappa shape index (κ3) is 5.51. The third-order valence-electron chi connectivity index (χ3n) is 9.84. The molecule has 2 fully saturated rings. The van der Waals surface area contributed by atoms with Crippen LogP contribution in [0.15, 0.2) is 77.3 Å². The van der Waals surface area contributed by atoms with Crippen LogP contribution in [0.2, 0.25) is 0 Å². The van der Waals surface area contributed by atoms with E-state index >= 15 is 0 Å². The number of ether oxygens (including phenoxy) is 2. The van der Waals surface area contributed by atoms with E-state index in [2.05, 4.69) is 10.2 Å². The summed E-state index contributed by atoms with van der Waals surface area (Å²) in [6.07, 6.45) is 2.99. The van der Waals surface area contributed by atoms with Crippen molar-refractivity contribution in [2.24, 2.45) is 13.0 Å². The Labute approximate surface area is 269 Å². The molecule has 1 spiro atoms. The maximum absolute atomic E-state index is 14.1. The van der Waals surface area contributed by atoms with E-state index in [4.69, 9.17) is 9.47 Å². The summed E-state index contributed by atoms with van der Waals surface area (Å²) in [4.78, 5) is 45.3. The quantitative estimate of drug-likeness (QED) is 0.373. The van der Waals surface area contributed by atoms with Gasteiger partial charge in [-0.3, -0.25) is 19.1 Å². The first-order chi connectivity index (χ1) is 22.3. The second-order valence-corrected chi connectivity index (χ2v) is 12.3. The fourth-order valence-corrected chi connectivity index (χ4v) is 7.33. The van der Waals surface area contributed by atoms with Crippen LogP contribution >= 0.6 is 0 Å².